The lowest BCUT2D eigenvalue weighted by Crippen LogP contribution is -2.56. The zero-order chi connectivity index (χ0) is 29.4. The molecule has 43 heavy (non-hydrogen) atoms. The van der Waals surface area contributed by atoms with Crippen LogP contribution in [0.4, 0.5) is 5.82 Å². The Hall–Kier alpha value is -4.24. The third-order valence-corrected chi connectivity index (χ3v) is 10.1. The lowest BCUT2D eigenvalue weighted by atomic mass is 9.82. The van der Waals surface area contributed by atoms with E-state index in [1.54, 1.807) is 28.1 Å². The summed E-state index contributed by atoms with van der Waals surface area (Å²) >= 11 is 0. The van der Waals surface area contributed by atoms with Crippen LogP contribution in [0.15, 0.2) is 24.4 Å². The Morgan fingerprint density at radius 2 is 1.98 bits per heavy atom. The van der Waals surface area contributed by atoms with Crippen molar-refractivity contribution >= 4 is 34.4 Å². The first-order valence-corrected chi connectivity index (χ1v) is 15.5. The minimum Gasteiger partial charge on any atom is -0.381 e. The number of carbonyl (C=O) groups is 3. The second kappa shape index (κ2) is 9.91. The van der Waals surface area contributed by atoms with Crippen molar-refractivity contribution in [1.29, 1.82) is 5.26 Å². The van der Waals surface area contributed by atoms with Crippen LogP contribution in [0, 0.1) is 23.2 Å². The molecule has 222 valence electrons. The molecule has 0 spiro atoms. The zero-order valence-electron chi connectivity index (χ0n) is 24.0. The molecule has 3 aliphatic heterocycles. The number of nitrogens with zero attached hydrogens (tertiary/aromatic N) is 6. The highest BCUT2D eigenvalue weighted by Crippen LogP contribution is 2.53. The van der Waals surface area contributed by atoms with E-state index >= 15 is 0 Å². The lowest BCUT2D eigenvalue weighted by molar-refractivity contribution is -0.121. The molecule has 0 unspecified atom stereocenters. The van der Waals surface area contributed by atoms with E-state index in [2.05, 4.69) is 21.6 Å². The van der Waals surface area contributed by atoms with Crippen LogP contribution in [-0.2, 0) is 9.53 Å². The van der Waals surface area contributed by atoms with Crippen LogP contribution >= 0.6 is 0 Å². The molecule has 8 rings (SSSR count). The molecule has 3 aromatic rings. The standard InChI is InChI=1S/C31H34N8O4/c1-2-37-29-25(24(16-6-7-16)26(30(37)41)34-28(40)20-4-3-5-22-21(20)15-33-35-22)27(36-39(29)18-8-10-43-11-9-18)31(42)38-19(14-32)12-17-13-23(17)38/h3-5,15-19,23-24,26H,2,6-13H2,1H3,(H,33,35)(H,34,40)/t17-,19-,23+,24-,26-/m0/s1. The van der Waals surface area contributed by atoms with Gasteiger partial charge in [-0.05, 0) is 69.4 Å². The number of ether oxygens (including phenoxy) is 1. The Morgan fingerprint density at radius 1 is 1.16 bits per heavy atom. The third kappa shape index (κ3) is 4.08. The number of piperidine rings is 1. The fraction of sp³-hybridized carbons (Fsp3) is 0.548. The van der Waals surface area contributed by atoms with Gasteiger partial charge in [0.25, 0.3) is 17.7 Å². The molecule has 12 nitrogen and oxygen atoms in total. The number of hydrogen-bond donors (Lipinski definition) is 2. The normalized spacial score (nSPS) is 28.5. The van der Waals surface area contributed by atoms with Crippen molar-refractivity contribution < 1.29 is 19.1 Å². The first-order chi connectivity index (χ1) is 21.0. The zero-order valence-corrected chi connectivity index (χ0v) is 24.0. The van der Waals surface area contributed by atoms with Crippen LogP contribution in [0.25, 0.3) is 10.9 Å². The Kier molecular flexibility index (Phi) is 6.08. The summed E-state index contributed by atoms with van der Waals surface area (Å²) in [5, 5.41) is 25.7. The number of hydrogen-bond acceptors (Lipinski definition) is 7. The molecule has 3 amide bonds. The first kappa shape index (κ1) is 26.4. The second-order valence-electron chi connectivity index (χ2n) is 12.6. The Bertz CT molecular complexity index is 1680. The van der Waals surface area contributed by atoms with Crippen LogP contribution in [-0.4, -0.2) is 80.5 Å². The number of aromatic nitrogens is 4. The number of nitrogens with one attached hydrogen (secondary N) is 2. The van der Waals surface area contributed by atoms with Crippen molar-refractivity contribution in [3.8, 4) is 6.07 Å². The van der Waals surface area contributed by atoms with Crippen LogP contribution in [0.5, 0.6) is 0 Å². The summed E-state index contributed by atoms with van der Waals surface area (Å²) in [6.45, 7) is 3.44. The summed E-state index contributed by atoms with van der Waals surface area (Å²) in [6, 6.07) is 6.43. The number of aromatic amines is 1. The number of carbonyl (C=O) groups excluding carboxylic acids is 3. The minimum absolute atomic E-state index is 0.0189. The van der Waals surface area contributed by atoms with Crippen LogP contribution < -0.4 is 10.2 Å². The Balaban J connectivity index is 1.25. The number of rotatable bonds is 6. The molecule has 4 fully saturated rings. The number of likely N-dealkylation sites (tertiary alicyclic amines) is 1. The average molecular weight is 583 g/mol. The largest absolute Gasteiger partial charge is 0.381 e. The van der Waals surface area contributed by atoms with E-state index in [0.717, 1.165) is 43.2 Å². The van der Waals surface area contributed by atoms with Gasteiger partial charge < -0.3 is 15.0 Å². The van der Waals surface area contributed by atoms with Crippen molar-refractivity contribution in [2.24, 2.45) is 11.8 Å². The molecular formula is C31H34N8O4. The number of H-pyrrole nitrogens is 1. The van der Waals surface area contributed by atoms with Crippen molar-refractivity contribution in [3.05, 3.63) is 41.2 Å². The van der Waals surface area contributed by atoms with Gasteiger partial charge in [-0.25, -0.2) is 4.68 Å². The van der Waals surface area contributed by atoms with Crippen molar-refractivity contribution in [2.75, 3.05) is 24.7 Å². The van der Waals surface area contributed by atoms with E-state index in [-0.39, 0.29) is 35.7 Å². The molecule has 0 radical (unpaired) electrons. The maximum absolute atomic E-state index is 14.4. The average Bonchev–Trinajstić information content (AvgIpc) is 3.88. The van der Waals surface area contributed by atoms with Gasteiger partial charge in [0.2, 0.25) is 0 Å². The summed E-state index contributed by atoms with van der Waals surface area (Å²) in [6.07, 6.45) is 6.48. The topological polar surface area (TPSA) is 149 Å². The van der Waals surface area contributed by atoms with E-state index in [0.29, 0.717) is 54.6 Å². The molecular weight excluding hydrogens is 548 g/mol. The summed E-state index contributed by atoms with van der Waals surface area (Å²) in [5.41, 5.74) is 2.24. The highest BCUT2D eigenvalue weighted by molar-refractivity contribution is 6.10. The number of anilines is 1. The number of likely N-dealkylation sites (N-methyl/N-ethyl adjacent to an activating group) is 1. The van der Waals surface area contributed by atoms with Gasteiger partial charge in [0, 0.05) is 42.7 Å². The highest BCUT2D eigenvalue weighted by atomic mass is 16.5. The van der Waals surface area contributed by atoms with Gasteiger partial charge in [-0.3, -0.25) is 24.4 Å². The summed E-state index contributed by atoms with van der Waals surface area (Å²) < 4.78 is 7.53. The lowest BCUT2D eigenvalue weighted by Gasteiger charge is -2.39. The van der Waals surface area contributed by atoms with E-state index in [4.69, 9.17) is 9.84 Å². The molecule has 5 atom stereocenters. The number of fused-ring (bicyclic) bond motifs is 3. The van der Waals surface area contributed by atoms with Crippen molar-refractivity contribution in [1.82, 2.24) is 30.2 Å². The minimum atomic E-state index is -0.854. The van der Waals surface area contributed by atoms with E-state index in [9.17, 15) is 19.6 Å². The van der Waals surface area contributed by atoms with Gasteiger partial charge in [-0.2, -0.15) is 15.5 Å². The fourth-order valence-electron chi connectivity index (χ4n) is 7.74. The van der Waals surface area contributed by atoms with Crippen LogP contribution in [0.1, 0.15) is 83.8 Å². The Labute approximate surface area is 248 Å². The van der Waals surface area contributed by atoms with Crippen molar-refractivity contribution in [2.45, 2.75) is 75.5 Å². The maximum Gasteiger partial charge on any atom is 0.276 e. The van der Waals surface area contributed by atoms with Gasteiger partial charge >= 0.3 is 0 Å². The monoisotopic (exact) mass is 582 g/mol. The van der Waals surface area contributed by atoms with Gasteiger partial charge in [-0.1, -0.05) is 6.07 Å². The number of nitriles is 1. The van der Waals surface area contributed by atoms with E-state index in [1.807, 2.05) is 17.7 Å². The molecule has 2 aromatic heterocycles. The molecule has 2 saturated heterocycles. The maximum atomic E-state index is 14.4. The van der Waals surface area contributed by atoms with Crippen LogP contribution in [0.2, 0.25) is 0 Å². The van der Waals surface area contributed by atoms with E-state index < -0.39 is 18.0 Å². The fourth-order valence-corrected chi connectivity index (χ4v) is 7.74. The molecule has 2 N–H and O–H groups in total. The second-order valence-corrected chi connectivity index (χ2v) is 12.6. The van der Waals surface area contributed by atoms with Crippen LogP contribution in [0.3, 0.4) is 0 Å². The quantitative estimate of drug-likeness (QED) is 0.454. The molecule has 1 aromatic carbocycles. The molecule has 2 saturated carbocycles. The third-order valence-electron chi connectivity index (χ3n) is 10.1. The van der Waals surface area contributed by atoms with Crippen molar-refractivity contribution in [3.63, 3.8) is 0 Å². The summed E-state index contributed by atoms with van der Waals surface area (Å²) in [7, 11) is 0. The van der Waals surface area contributed by atoms with Gasteiger partial charge in [-0.15, -0.1) is 0 Å². The molecule has 2 aliphatic carbocycles. The molecule has 5 heterocycles. The molecule has 0 bridgehead atoms. The Morgan fingerprint density at radius 3 is 2.72 bits per heavy atom. The number of amides is 3. The molecule has 12 heteroatoms. The van der Waals surface area contributed by atoms with Gasteiger partial charge in [0.15, 0.2) is 5.69 Å². The first-order valence-electron chi connectivity index (χ1n) is 15.5. The predicted molar refractivity (Wildman–Crippen MR) is 154 cm³/mol. The summed E-state index contributed by atoms with van der Waals surface area (Å²) in [4.78, 5) is 46.0. The smallest absolute Gasteiger partial charge is 0.276 e. The SMILES string of the molecule is CCN1C(=O)[C@@H](NC(=O)c2cccc3[nH]ncc23)[C@@H](C2CC2)c2c(C(=O)N3[C@H](C#N)C[C@H]4C[C@H]43)nn(C3CCOCC3)c21. The number of benzene rings is 1. The summed E-state index contributed by atoms with van der Waals surface area (Å²) in [5.74, 6) is -0.00830. The van der Waals surface area contributed by atoms with E-state index in [1.165, 1.54) is 0 Å². The van der Waals surface area contributed by atoms with Gasteiger partial charge in [0.1, 0.15) is 17.9 Å². The highest BCUT2D eigenvalue weighted by Gasteiger charge is 2.57. The predicted octanol–water partition coefficient (Wildman–Crippen LogP) is 2.90. The van der Waals surface area contributed by atoms with Gasteiger partial charge in [0.05, 0.1) is 29.4 Å². The molecule has 5 aliphatic rings.